The molecule has 2 aliphatic rings. The van der Waals surface area contributed by atoms with E-state index in [2.05, 4.69) is 9.88 Å². The van der Waals surface area contributed by atoms with Crippen LogP contribution in [0.5, 0.6) is 0 Å². The van der Waals surface area contributed by atoms with Gasteiger partial charge in [0.25, 0.3) is 0 Å². The molecule has 122 valence electrons. The fraction of sp³-hybridized carbons (Fsp3) is 0.500. The van der Waals surface area contributed by atoms with Gasteiger partial charge < -0.3 is 14.1 Å². The molecule has 2 saturated heterocycles. The van der Waals surface area contributed by atoms with E-state index in [4.69, 9.17) is 9.15 Å². The second-order valence-corrected chi connectivity index (χ2v) is 7.13. The lowest BCUT2D eigenvalue weighted by Gasteiger charge is -2.36. The van der Waals surface area contributed by atoms with E-state index in [-0.39, 0.29) is 24.7 Å². The van der Waals surface area contributed by atoms with Crippen LogP contribution < -0.4 is 0 Å². The lowest BCUT2D eigenvalue weighted by Crippen LogP contribution is -2.53. The van der Waals surface area contributed by atoms with Gasteiger partial charge in [-0.3, -0.25) is 9.69 Å². The van der Waals surface area contributed by atoms with Crippen molar-refractivity contribution in [1.29, 1.82) is 0 Å². The molecule has 4 heterocycles. The highest BCUT2D eigenvalue weighted by Crippen LogP contribution is 2.26. The van der Waals surface area contributed by atoms with E-state index in [1.54, 1.807) is 17.6 Å². The van der Waals surface area contributed by atoms with Crippen molar-refractivity contribution < 1.29 is 13.9 Å². The predicted molar refractivity (Wildman–Crippen MR) is 84.9 cm³/mol. The number of fused-ring (bicyclic) bond motifs is 1. The molecule has 4 rings (SSSR count). The van der Waals surface area contributed by atoms with Crippen LogP contribution in [-0.4, -0.2) is 52.5 Å². The van der Waals surface area contributed by atoms with Crippen LogP contribution in [0, 0.1) is 6.92 Å². The van der Waals surface area contributed by atoms with Crippen LogP contribution in [0.2, 0.25) is 0 Å². The highest BCUT2D eigenvalue weighted by atomic mass is 32.1. The molecule has 0 unspecified atom stereocenters. The summed E-state index contributed by atoms with van der Waals surface area (Å²) >= 11 is 1.62. The van der Waals surface area contributed by atoms with Crippen molar-refractivity contribution >= 4 is 17.2 Å². The van der Waals surface area contributed by atoms with Crippen molar-refractivity contribution in [3.8, 4) is 0 Å². The van der Waals surface area contributed by atoms with Crippen LogP contribution in [0.1, 0.15) is 16.5 Å². The summed E-state index contributed by atoms with van der Waals surface area (Å²) in [5.41, 5.74) is 0.964. The van der Waals surface area contributed by atoms with E-state index in [9.17, 15) is 4.79 Å². The van der Waals surface area contributed by atoms with Crippen molar-refractivity contribution in [3.05, 3.63) is 40.2 Å². The van der Waals surface area contributed by atoms with Gasteiger partial charge in [0, 0.05) is 18.5 Å². The molecule has 7 heteroatoms. The first-order valence-corrected chi connectivity index (χ1v) is 8.64. The number of hydrogen-bond donors (Lipinski definition) is 0. The maximum Gasteiger partial charge on any atom is 0.249 e. The Bertz CT molecular complexity index is 685. The van der Waals surface area contributed by atoms with Gasteiger partial charge in [-0.15, -0.1) is 11.3 Å². The van der Waals surface area contributed by atoms with E-state index in [1.165, 1.54) is 0 Å². The summed E-state index contributed by atoms with van der Waals surface area (Å²) < 4.78 is 11.2. The van der Waals surface area contributed by atoms with E-state index in [0.29, 0.717) is 6.54 Å². The zero-order chi connectivity index (χ0) is 15.8. The van der Waals surface area contributed by atoms with Gasteiger partial charge in [0.1, 0.15) is 12.4 Å². The van der Waals surface area contributed by atoms with Crippen molar-refractivity contribution in [3.63, 3.8) is 0 Å². The summed E-state index contributed by atoms with van der Waals surface area (Å²) in [5, 5.41) is 3.06. The van der Waals surface area contributed by atoms with Gasteiger partial charge in [-0.2, -0.15) is 0 Å². The Morgan fingerprint density at radius 1 is 1.39 bits per heavy atom. The monoisotopic (exact) mass is 333 g/mol. The van der Waals surface area contributed by atoms with Crippen LogP contribution in [0.15, 0.2) is 28.2 Å². The van der Waals surface area contributed by atoms with Crippen LogP contribution >= 0.6 is 11.3 Å². The molecule has 1 amide bonds. The molecule has 6 nitrogen and oxygen atoms in total. The molecular weight excluding hydrogens is 314 g/mol. The Balaban J connectivity index is 1.47. The average molecular weight is 333 g/mol. The zero-order valence-electron chi connectivity index (χ0n) is 13.0. The second-order valence-electron chi connectivity index (χ2n) is 6.07. The van der Waals surface area contributed by atoms with Crippen LogP contribution in [0.3, 0.4) is 0 Å². The smallest absolute Gasteiger partial charge is 0.249 e. The number of morpholine rings is 1. The fourth-order valence-electron chi connectivity index (χ4n) is 3.35. The number of thiazole rings is 1. The largest absolute Gasteiger partial charge is 0.468 e. The van der Waals surface area contributed by atoms with E-state index in [0.717, 1.165) is 36.1 Å². The summed E-state index contributed by atoms with van der Waals surface area (Å²) in [4.78, 5) is 21.0. The molecule has 0 aromatic carbocycles. The number of ether oxygens (including phenoxy) is 1. The maximum absolute atomic E-state index is 12.3. The number of carbonyl (C=O) groups excluding carboxylic acids is 1. The molecule has 0 aliphatic carbocycles. The first-order chi connectivity index (χ1) is 11.2. The van der Waals surface area contributed by atoms with Gasteiger partial charge in [0.15, 0.2) is 0 Å². The van der Waals surface area contributed by atoms with Crippen molar-refractivity contribution in [2.75, 3.05) is 19.7 Å². The first-order valence-electron chi connectivity index (χ1n) is 7.76. The summed E-state index contributed by atoms with van der Waals surface area (Å²) in [5.74, 6) is 0.994. The van der Waals surface area contributed by atoms with E-state index in [1.807, 2.05) is 29.3 Å². The predicted octanol–water partition coefficient (Wildman–Crippen LogP) is 1.66. The molecule has 0 N–H and O–H groups in total. The molecule has 2 aliphatic heterocycles. The Kier molecular flexibility index (Phi) is 3.92. The molecule has 2 atom stereocenters. The van der Waals surface area contributed by atoms with Crippen LogP contribution in [0.4, 0.5) is 0 Å². The lowest BCUT2D eigenvalue weighted by molar-refractivity contribution is -0.154. The topological polar surface area (TPSA) is 58.8 Å². The van der Waals surface area contributed by atoms with E-state index >= 15 is 0 Å². The number of carbonyl (C=O) groups is 1. The minimum Gasteiger partial charge on any atom is -0.468 e. The number of hydrogen-bond acceptors (Lipinski definition) is 6. The van der Waals surface area contributed by atoms with Gasteiger partial charge >= 0.3 is 0 Å². The SMILES string of the molecule is Cc1nc(CN2C(=O)CO[C@@H]3CN(Cc4ccco4)C[C@H]32)cs1. The number of furan rings is 1. The molecule has 23 heavy (non-hydrogen) atoms. The quantitative estimate of drug-likeness (QED) is 0.852. The normalized spacial score (nSPS) is 25.1. The number of likely N-dealkylation sites (tertiary alicyclic amines) is 1. The molecule has 2 fully saturated rings. The molecule has 0 radical (unpaired) electrons. The minimum atomic E-state index is 0.0525. The Morgan fingerprint density at radius 3 is 3.04 bits per heavy atom. The first kappa shape index (κ1) is 14.9. The van der Waals surface area contributed by atoms with Gasteiger partial charge in [-0.25, -0.2) is 4.98 Å². The van der Waals surface area contributed by atoms with Crippen LogP contribution in [-0.2, 0) is 22.6 Å². The van der Waals surface area contributed by atoms with Crippen molar-refractivity contribution in [2.24, 2.45) is 0 Å². The average Bonchev–Trinajstić information content (AvgIpc) is 3.24. The van der Waals surface area contributed by atoms with E-state index < -0.39 is 0 Å². The summed E-state index contributed by atoms with van der Waals surface area (Å²) in [6.07, 6.45) is 1.76. The van der Waals surface area contributed by atoms with Gasteiger partial charge in [0.2, 0.25) is 5.91 Å². The third kappa shape index (κ3) is 3.04. The van der Waals surface area contributed by atoms with Crippen molar-refractivity contribution in [2.45, 2.75) is 32.2 Å². The third-order valence-corrected chi connectivity index (χ3v) is 5.23. The number of amides is 1. The molecule has 0 spiro atoms. The Hall–Kier alpha value is -1.70. The molecule has 0 bridgehead atoms. The van der Waals surface area contributed by atoms with Gasteiger partial charge in [0.05, 0.1) is 42.2 Å². The third-order valence-electron chi connectivity index (χ3n) is 4.41. The van der Waals surface area contributed by atoms with Gasteiger partial charge in [-0.05, 0) is 19.1 Å². The lowest BCUT2D eigenvalue weighted by atomic mass is 10.1. The summed E-state index contributed by atoms with van der Waals surface area (Å²) in [6.45, 7) is 5.10. The molecule has 2 aromatic heterocycles. The number of aromatic nitrogens is 1. The summed E-state index contributed by atoms with van der Waals surface area (Å²) in [6, 6.07) is 3.97. The highest BCUT2D eigenvalue weighted by Gasteiger charge is 2.43. The maximum atomic E-state index is 12.3. The standard InChI is InChI=1S/C16H19N3O3S/c1-11-17-12(10-23-11)5-19-14-7-18(6-13-3-2-4-21-13)8-15(14)22-9-16(19)20/h2-4,10,14-15H,5-9H2,1H3/t14-,15-/m1/s1. The van der Waals surface area contributed by atoms with Gasteiger partial charge in [-0.1, -0.05) is 0 Å². The zero-order valence-corrected chi connectivity index (χ0v) is 13.8. The number of nitrogens with zero attached hydrogens (tertiary/aromatic N) is 3. The number of aryl methyl sites for hydroxylation is 1. The van der Waals surface area contributed by atoms with Crippen LogP contribution in [0.25, 0.3) is 0 Å². The van der Waals surface area contributed by atoms with Crippen molar-refractivity contribution in [1.82, 2.24) is 14.8 Å². The molecular formula is C16H19N3O3S. The minimum absolute atomic E-state index is 0.0525. The number of rotatable bonds is 4. The second kappa shape index (κ2) is 6.07. The molecule has 2 aromatic rings. The molecule has 0 saturated carbocycles. The highest BCUT2D eigenvalue weighted by molar-refractivity contribution is 7.09. The Morgan fingerprint density at radius 2 is 2.30 bits per heavy atom. The Labute approximate surface area is 138 Å². The summed E-state index contributed by atoms with van der Waals surface area (Å²) in [7, 11) is 0. The fourth-order valence-corrected chi connectivity index (χ4v) is 3.96.